The van der Waals surface area contributed by atoms with E-state index in [0.717, 1.165) is 28.3 Å². The first-order chi connectivity index (χ1) is 8.69. The summed E-state index contributed by atoms with van der Waals surface area (Å²) in [6, 6.07) is 4.15. The van der Waals surface area contributed by atoms with Crippen LogP contribution in [0.5, 0.6) is 0 Å². The second-order valence-electron chi connectivity index (χ2n) is 3.81. The molecular weight excluding hydrogens is 312 g/mol. The molecule has 0 aliphatic rings. The maximum atomic E-state index is 4.44. The van der Waals surface area contributed by atoms with Crippen LogP contribution in [0, 0.1) is 6.92 Å². The van der Waals surface area contributed by atoms with Crippen LogP contribution in [0.1, 0.15) is 17.4 Å². The lowest BCUT2D eigenvalue weighted by Gasteiger charge is -2.09. The van der Waals surface area contributed by atoms with Crippen LogP contribution in [0.25, 0.3) is 0 Å². The molecule has 0 atom stereocenters. The summed E-state index contributed by atoms with van der Waals surface area (Å²) in [7, 11) is 0. The summed E-state index contributed by atoms with van der Waals surface area (Å²) >= 11 is 5.18. The van der Waals surface area contributed by atoms with Crippen molar-refractivity contribution in [3.63, 3.8) is 0 Å². The number of halogens is 1. The molecule has 0 saturated carbocycles. The number of anilines is 2. The van der Waals surface area contributed by atoms with Crippen molar-refractivity contribution in [2.24, 2.45) is 0 Å². The van der Waals surface area contributed by atoms with Crippen LogP contribution in [0.2, 0.25) is 0 Å². The van der Waals surface area contributed by atoms with E-state index in [-0.39, 0.29) is 0 Å². The van der Waals surface area contributed by atoms with E-state index in [9.17, 15) is 0 Å². The molecule has 0 saturated heterocycles. The Hall–Kier alpha value is -1.14. The van der Waals surface area contributed by atoms with Crippen molar-refractivity contribution in [1.29, 1.82) is 0 Å². The van der Waals surface area contributed by atoms with Crippen molar-refractivity contribution >= 4 is 39.0 Å². The standard InChI is InChI=1S/C12H15BrN4S/c1-3-14-12-16-6-8(2)11(17-12)15-7-9-4-5-10(13)18-9/h4-6H,3,7H2,1-2H3,(H2,14,15,16,17). The summed E-state index contributed by atoms with van der Waals surface area (Å²) in [5.74, 6) is 1.54. The highest BCUT2D eigenvalue weighted by molar-refractivity contribution is 9.11. The van der Waals surface area contributed by atoms with E-state index in [1.165, 1.54) is 4.88 Å². The van der Waals surface area contributed by atoms with Gasteiger partial charge in [-0.3, -0.25) is 0 Å². The Morgan fingerprint density at radius 1 is 1.33 bits per heavy atom. The van der Waals surface area contributed by atoms with Gasteiger partial charge in [0, 0.05) is 23.2 Å². The molecule has 0 spiro atoms. The third kappa shape index (κ3) is 3.43. The minimum atomic E-state index is 0.665. The van der Waals surface area contributed by atoms with Crippen LogP contribution >= 0.6 is 27.3 Å². The molecule has 0 aliphatic heterocycles. The van der Waals surface area contributed by atoms with Gasteiger partial charge in [-0.2, -0.15) is 4.98 Å². The monoisotopic (exact) mass is 326 g/mol. The number of aromatic nitrogens is 2. The van der Waals surface area contributed by atoms with Gasteiger partial charge in [-0.1, -0.05) is 0 Å². The largest absolute Gasteiger partial charge is 0.365 e. The third-order valence-electron chi connectivity index (χ3n) is 2.37. The minimum absolute atomic E-state index is 0.665. The Bertz CT molecular complexity index is 527. The molecule has 18 heavy (non-hydrogen) atoms. The summed E-state index contributed by atoms with van der Waals surface area (Å²) in [5, 5.41) is 6.45. The summed E-state index contributed by atoms with van der Waals surface area (Å²) in [6.45, 7) is 5.63. The van der Waals surface area contributed by atoms with Gasteiger partial charge in [0.2, 0.25) is 5.95 Å². The molecule has 0 bridgehead atoms. The molecule has 96 valence electrons. The molecule has 0 aromatic carbocycles. The summed E-state index contributed by atoms with van der Waals surface area (Å²) in [4.78, 5) is 9.93. The average Bonchev–Trinajstić information content (AvgIpc) is 2.76. The normalized spacial score (nSPS) is 10.4. The van der Waals surface area contributed by atoms with Crippen molar-refractivity contribution in [2.75, 3.05) is 17.2 Å². The molecule has 6 heteroatoms. The van der Waals surface area contributed by atoms with E-state index in [0.29, 0.717) is 5.95 Å². The number of hydrogen-bond donors (Lipinski definition) is 2. The second kappa shape index (κ2) is 6.15. The summed E-state index contributed by atoms with van der Waals surface area (Å²) in [5.41, 5.74) is 1.05. The highest BCUT2D eigenvalue weighted by Gasteiger charge is 2.04. The first kappa shape index (κ1) is 13.3. The molecule has 0 radical (unpaired) electrons. The van der Waals surface area contributed by atoms with Gasteiger partial charge in [-0.25, -0.2) is 4.98 Å². The van der Waals surface area contributed by atoms with Crippen molar-refractivity contribution in [2.45, 2.75) is 20.4 Å². The number of aryl methyl sites for hydroxylation is 1. The molecule has 2 aromatic rings. The average molecular weight is 327 g/mol. The fourth-order valence-electron chi connectivity index (χ4n) is 1.48. The van der Waals surface area contributed by atoms with Crippen LogP contribution in [-0.2, 0) is 6.54 Å². The summed E-state index contributed by atoms with van der Waals surface area (Å²) in [6.07, 6.45) is 1.83. The maximum absolute atomic E-state index is 4.44. The Kier molecular flexibility index (Phi) is 4.54. The highest BCUT2D eigenvalue weighted by Crippen LogP contribution is 2.23. The first-order valence-electron chi connectivity index (χ1n) is 5.74. The van der Waals surface area contributed by atoms with Gasteiger partial charge in [0.05, 0.1) is 10.3 Å². The van der Waals surface area contributed by atoms with Gasteiger partial charge in [-0.05, 0) is 41.9 Å². The Labute approximate surface area is 119 Å². The van der Waals surface area contributed by atoms with Crippen molar-refractivity contribution in [3.05, 3.63) is 32.6 Å². The van der Waals surface area contributed by atoms with Gasteiger partial charge in [0.1, 0.15) is 5.82 Å². The number of thiophene rings is 1. The molecule has 0 unspecified atom stereocenters. The number of nitrogens with zero attached hydrogens (tertiary/aromatic N) is 2. The predicted molar refractivity (Wildman–Crippen MR) is 80.3 cm³/mol. The van der Waals surface area contributed by atoms with Crippen LogP contribution in [0.4, 0.5) is 11.8 Å². The van der Waals surface area contributed by atoms with Crippen molar-refractivity contribution < 1.29 is 0 Å². The molecule has 0 fully saturated rings. The zero-order chi connectivity index (χ0) is 13.0. The Balaban J connectivity index is 2.05. The van der Waals surface area contributed by atoms with Gasteiger partial charge in [0.15, 0.2) is 0 Å². The SMILES string of the molecule is CCNc1ncc(C)c(NCc2ccc(Br)s2)n1. The topological polar surface area (TPSA) is 49.8 Å². The number of nitrogens with one attached hydrogen (secondary N) is 2. The van der Waals surface area contributed by atoms with Crippen LogP contribution < -0.4 is 10.6 Å². The molecule has 2 rings (SSSR count). The van der Waals surface area contributed by atoms with E-state index in [1.54, 1.807) is 11.3 Å². The fourth-order valence-corrected chi connectivity index (χ4v) is 2.90. The second-order valence-corrected chi connectivity index (χ2v) is 6.36. The van der Waals surface area contributed by atoms with Crippen LogP contribution in [0.15, 0.2) is 22.1 Å². The Morgan fingerprint density at radius 3 is 2.83 bits per heavy atom. The first-order valence-corrected chi connectivity index (χ1v) is 7.35. The smallest absolute Gasteiger partial charge is 0.224 e. The third-order valence-corrected chi connectivity index (χ3v) is 3.99. The van der Waals surface area contributed by atoms with Crippen molar-refractivity contribution in [3.8, 4) is 0 Å². The van der Waals surface area contributed by atoms with Gasteiger partial charge in [0.25, 0.3) is 0 Å². The lowest BCUT2D eigenvalue weighted by Crippen LogP contribution is -2.07. The molecule has 4 nitrogen and oxygen atoms in total. The molecule has 0 amide bonds. The number of hydrogen-bond acceptors (Lipinski definition) is 5. The molecule has 2 heterocycles. The predicted octanol–water partition coefficient (Wildman–Crippen LogP) is 3.65. The lowest BCUT2D eigenvalue weighted by molar-refractivity contribution is 1.04. The Morgan fingerprint density at radius 2 is 2.17 bits per heavy atom. The van der Waals surface area contributed by atoms with E-state index in [1.807, 2.05) is 20.0 Å². The molecule has 2 aromatic heterocycles. The molecular formula is C12H15BrN4S. The van der Waals surface area contributed by atoms with Crippen molar-refractivity contribution in [1.82, 2.24) is 9.97 Å². The minimum Gasteiger partial charge on any atom is -0.365 e. The molecule has 0 aliphatic carbocycles. The van der Waals surface area contributed by atoms with E-state index < -0.39 is 0 Å². The van der Waals surface area contributed by atoms with Gasteiger partial charge >= 0.3 is 0 Å². The highest BCUT2D eigenvalue weighted by atomic mass is 79.9. The molecule has 2 N–H and O–H groups in total. The van der Waals surface area contributed by atoms with Gasteiger partial charge < -0.3 is 10.6 Å². The van der Waals surface area contributed by atoms with Crippen LogP contribution in [0.3, 0.4) is 0 Å². The van der Waals surface area contributed by atoms with Crippen LogP contribution in [-0.4, -0.2) is 16.5 Å². The lowest BCUT2D eigenvalue weighted by atomic mass is 10.3. The zero-order valence-corrected chi connectivity index (χ0v) is 12.7. The number of rotatable bonds is 5. The van der Waals surface area contributed by atoms with E-state index >= 15 is 0 Å². The zero-order valence-electron chi connectivity index (χ0n) is 10.3. The van der Waals surface area contributed by atoms with Gasteiger partial charge in [-0.15, -0.1) is 11.3 Å². The quantitative estimate of drug-likeness (QED) is 0.880. The van der Waals surface area contributed by atoms with E-state index in [2.05, 4.69) is 48.7 Å². The maximum Gasteiger partial charge on any atom is 0.224 e. The fraction of sp³-hybridized carbons (Fsp3) is 0.333. The summed E-state index contributed by atoms with van der Waals surface area (Å²) < 4.78 is 1.15. The van der Waals surface area contributed by atoms with E-state index in [4.69, 9.17) is 0 Å².